The predicted molar refractivity (Wildman–Crippen MR) is 71.4 cm³/mol. The third-order valence-electron chi connectivity index (χ3n) is 2.62. The van der Waals surface area contributed by atoms with E-state index in [0.29, 0.717) is 0 Å². The maximum atomic E-state index is 10.5. The Kier molecular flexibility index (Phi) is 8.14. The van der Waals surface area contributed by atoms with E-state index in [1.54, 1.807) is 6.08 Å². The summed E-state index contributed by atoms with van der Waals surface area (Å²) < 4.78 is 0. The molecule has 0 rings (SSSR count). The normalized spacial score (nSPS) is 12.4. The molecule has 0 heterocycles. The van der Waals surface area contributed by atoms with Crippen molar-refractivity contribution in [3.8, 4) is 0 Å². The minimum Gasteiger partial charge on any atom is -0.298 e. The maximum Gasteiger partial charge on any atom is 0.145 e. The number of aldehydes is 1. The fourth-order valence-electron chi connectivity index (χ4n) is 1.20. The molecule has 0 saturated heterocycles. The van der Waals surface area contributed by atoms with Crippen LogP contribution in [-0.4, -0.2) is 6.29 Å². The van der Waals surface area contributed by atoms with Crippen molar-refractivity contribution in [2.45, 2.75) is 39.5 Å². The van der Waals surface area contributed by atoms with Crippen LogP contribution in [0, 0.1) is 0 Å². The van der Waals surface area contributed by atoms with Gasteiger partial charge in [-0.15, -0.1) is 0 Å². The highest BCUT2D eigenvalue weighted by molar-refractivity contribution is 5.73. The summed E-state index contributed by atoms with van der Waals surface area (Å²) in [5.74, 6) is 0. The van der Waals surface area contributed by atoms with Gasteiger partial charge in [0.25, 0.3) is 0 Å². The van der Waals surface area contributed by atoms with Crippen LogP contribution < -0.4 is 0 Å². The highest BCUT2D eigenvalue weighted by Gasteiger charge is 1.93. The Balaban J connectivity index is 3.74. The molecule has 0 spiro atoms. The van der Waals surface area contributed by atoms with Crippen molar-refractivity contribution in [1.82, 2.24) is 0 Å². The molecular weight excluding hydrogens is 196 g/mol. The van der Waals surface area contributed by atoms with Gasteiger partial charge in [0.1, 0.15) is 6.29 Å². The maximum absolute atomic E-state index is 10.5. The van der Waals surface area contributed by atoms with Crippen LogP contribution in [0.5, 0.6) is 0 Å². The lowest BCUT2D eigenvalue weighted by atomic mass is 10.1. The average molecular weight is 218 g/mol. The highest BCUT2D eigenvalue weighted by atomic mass is 16.1. The van der Waals surface area contributed by atoms with Gasteiger partial charge < -0.3 is 0 Å². The molecule has 1 nitrogen and oxygen atoms in total. The van der Waals surface area contributed by atoms with Crippen LogP contribution in [0.15, 0.2) is 48.1 Å². The van der Waals surface area contributed by atoms with Gasteiger partial charge in [0, 0.05) is 0 Å². The lowest BCUT2D eigenvalue weighted by molar-refractivity contribution is -0.104. The number of hydrogen-bond donors (Lipinski definition) is 0. The first-order chi connectivity index (χ1) is 7.61. The van der Waals surface area contributed by atoms with Gasteiger partial charge in [0.05, 0.1) is 0 Å². The molecule has 0 aliphatic heterocycles. The van der Waals surface area contributed by atoms with Crippen LogP contribution >= 0.6 is 0 Å². The Morgan fingerprint density at radius 1 is 1.12 bits per heavy atom. The molecule has 0 aromatic carbocycles. The quantitative estimate of drug-likeness (QED) is 0.256. The number of carbonyl (C=O) groups excluding carboxylic acids is 1. The molecule has 0 saturated carbocycles. The van der Waals surface area contributed by atoms with E-state index in [9.17, 15) is 4.79 Å². The van der Waals surface area contributed by atoms with Crippen molar-refractivity contribution in [3.63, 3.8) is 0 Å². The van der Waals surface area contributed by atoms with Gasteiger partial charge in [0.15, 0.2) is 0 Å². The molecule has 0 aliphatic carbocycles. The summed E-state index contributed by atoms with van der Waals surface area (Å²) in [6.45, 7) is 11.4. The topological polar surface area (TPSA) is 17.1 Å². The molecule has 0 fully saturated rings. The molecule has 0 unspecified atom stereocenters. The molecule has 16 heavy (non-hydrogen) atoms. The third kappa shape index (κ3) is 6.99. The first-order valence-electron chi connectivity index (χ1n) is 5.68. The largest absolute Gasteiger partial charge is 0.298 e. The fraction of sp³-hybridized carbons (Fsp3) is 0.400. The van der Waals surface area contributed by atoms with Crippen LogP contribution in [0.1, 0.15) is 39.5 Å². The van der Waals surface area contributed by atoms with E-state index in [0.717, 1.165) is 43.1 Å². The van der Waals surface area contributed by atoms with E-state index in [1.165, 1.54) is 5.57 Å². The minimum atomic E-state index is 0.855. The Labute approximate surface area is 99.3 Å². The first-order valence-corrected chi connectivity index (χ1v) is 5.68. The van der Waals surface area contributed by atoms with Crippen LogP contribution in [0.2, 0.25) is 0 Å². The summed E-state index contributed by atoms with van der Waals surface area (Å²) in [4.78, 5) is 10.5. The van der Waals surface area contributed by atoms with Gasteiger partial charge in [-0.25, -0.2) is 0 Å². The zero-order valence-electron chi connectivity index (χ0n) is 10.5. The molecule has 1 heteroatoms. The van der Waals surface area contributed by atoms with Crippen molar-refractivity contribution < 1.29 is 4.79 Å². The molecule has 0 N–H and O–H groups in total. The minimum absolute atomic E-state index is 0.855. The van der Waals surface area contributed by atoms with Crippen molar-refractivity contribution in [1.29, 1.82) is 0 Å². The van der Waals surface area contributed by atoms with Crippen LogP contribution in [0.4, 0.5) is 0 Å². The van der Waals surface area contributed by atoms with Gasteiger partial charge in [-0.1, -0.05) is 42.5 Å². The van der Waals surface area contributed by atoms with E-state index in [2.05, 4.69) is 25.3 Å². The van der Waals surface area contributed by atoms with Gasteiger partial charge >= 0.3 is 0 Å². The fourth-order valence-corrected chi connectivity index (χ4v) is 1.20. The van der Waals surface area contributed by atoms with Crippen LogP contribution in [0.25, 0.3) is 0 Å². The molecule has 0 aromatic heterocycles. The summed E-state index contributed by atoms with van der Waals surface area (Å²) in [7, 11) is 0. The highest BCUT2D eigenvalue weighted by Crippen LogP contribution is 2.10. The molecule has 0 aliphatic rings. The monoisotopic (exact) mass is 218 g/mol. The summed E-state index contributed by atoms with van der Waals surface area (Å²) in [5.41, 5.74) is 3.11. The molecule has 88 valence electrons. The van der Waals surface area contributed by atoms with E-state index in [4.69, 9.17) is 0 Å². The number of hydrogen-bond acceptors (Lipinski definition) is 1. The molecule has 0 aromatic rings. The van der Waals surface area contributed by atoms with E-state index in [-0.39, 0.29) is 0 Å². The standard InChI is InChI=1S/C15H22O/c1-5-13(2)10-8-6-7-9-11-14(3)15(4)12-16/h5-7,12H,1-2,8-11H2,3-4H3/b7-6?,15-14-. The number of carbonyl (C=O) groups is 1. The van der Waals surface area contributed by atoms with Crippen LogP contribution in [0.3, 0.4) is 0 Å². The van der Waals surface area contributed by atoms with E-state index in [1.807, 2.05) is 13.8 Å². The zero-order valence-corrected chi connectivity index (χ0v) is 10.5. The summed E-state index contributed by atoms with van der Waals surface area (Å²) in [5, 5.41) is 0. The Morgan fingerprint density at radius 2 is 1.69 bits per heavy atom. The average Bonchev–Trinajstić information content (AvgIpc) is 2.31. The summed E-state index contributed by atoms with van der Waals surface area (Å²) in [6.07, 6.45) is 11.0. The van der Waals surface area contributed by atoms with Crippen molar-refractivity contribution in [3.05, 3.63) is 48.1 Å². The summed E-state index contributed by atoms with van der Waals surface area (Å²) >= 11 is 0. The van der Waals surface area contributed by atoms with E-state index < -0.39 is 0 Å². The number of allylic oxidation sites excluding steroid dienone is 6. The van der Waals surface area contributed by atoms with Crippen molar-refractivity contribution in [2.75, 3.05) is 0 Å². The Morgan fingerprint density at radius 3 is 2.19 bits per heavy atom. The third-order valence-corrected chi connectivity index (χ3v) is 2.62. The van der Waals surface area contributed by atoms with Gasteiger partial charge in [0.2, 0.25) is 0 Å². The molecule has 0 atom stereocenters. The molecule has 0 amide bonds. The lowest BCUT2D eigenvalue weighted by Gasteiger charge is -1.99. The van der Waals surface area contributed by atoms with Gasteiger partial charge in [-0.3, -0.25) is 4.79 Å². The van der Waals surface area contributed by atoms with Gasteiger partial charge in [-0.2, -0.15) is 0 Å². The second-order valence-electron chi connectivity index (χ2n) is 3.99. The second kappa shape index (κ2) is 8.90. The van der Waals surface area contributed by atoms with Crippen molar-refractivity contribution in [2.24, 2.45) is 0 Å². The lowest BCUT2D eigenvalue weighted by Crippen LogP contribution is -1.85. The summed E-state index contributed by atoms with van der Waals surface area (Å²) in [6, 6.07) is 0. The second-order valence-corrected chi connectivity index (χ2v) is 3.99. The van der Waals surface area contributed by atoms with Crippen LogP contribution in [-0.2, 0) is 4.79 Å². The van der Waals surface area contributed by atoms with E-state index >= 15 is 0 Å². The van der Waals surface area contributed by atoms with Crippen molar-refractivity contribution >= 4 is 6.29 Å². The molecule has 0 bridgehead atoms. The Bertz CT molecular complexity index is 305. The number of rotatable bonds is 8. The molecule has 0 radical (unpaired) electrons. The molecular formula is C15H22O. The SMILES string of the molecule is C=CC(=C)CCC=CCC/C(C)=C(/C)C=O. The zero-order chi connectivity index (χ0) is 12.4. The predicted octanol–water partition coefficient (Wildman–Crippen LogP) is 4.38. The Hall–Kier alpha value is -1.37. The first kappa shape index (κ1) is 14.6. The van der Waals surface area contributed by atoms with Gasteiger partial charge in [-0.05, 0) is 45.1 Å². The smallest absolute Gasteiger partial charge is 0.145 e.